The molecule has 1 aliphatic carbocycles. The molecule has 0 spiro atoms. The van der Waals surface area contributed by atoms with Crippen LogP contribution in [0.1, 0.15) is 43.5 Å². The average molecular weight is 393 g/mol. The van der Waals surface area contributed by atoms with Gasteiger partial charge in [-0.05, 0) is 47.5 Å². The predicted molar refractivity (Wildman–Crippen MR) is 108 cm³/mol. The highest BCUT2D eigenvalue weighted by atomic mass is 16.6. The van der Waals surface area contributed by atoms with Gasteiger partial charge in [0.05, 0.1) is 17.7 Å². The minimum atomic E-state index is -0.364. The Bertz CT molecular complexity index is 964. The summed E-state index contributed by atoms with van der Waals surface area (Å²) in [7, 11) is 2.18. The summed E-state index contributed by atoms with van der Waals surface area (Å²) in [6.07, 6.45) is 5.52. The zero-order valence-corrected chi connectivity index (χ0v) is 16.5. The van der Waals surface area contributed by atoms with Crippen molar-refractivity contribution in [3.8, 4) is 5.69 Å². The van der Waals surface area contributed by atoms with Crippen LogP contribution in [0.5, 0.6) is 0 Å². The highest BCUT2D eigenvalue weighted by molar-refractivity contribution is 5.33. The largest absolute Gasteiger partial charge is 0.322 e. The molecule has 1 atom stereocenters. The summed E-state index contributed by atoms with van der Waals surface area (Å²) >= 11 is 0. The van der Waals surface area contributed by atoms with Gasteiger partial charge in [0.2, 0.25) is 5.82 Å². The number of nitro groups is 1. The van der Waals surface area contributed by atoms with Crippen LogP contribution in [0.4, 0.5) is 5.69 Å². The first kappa shape index (κ1) is 19.2. The number of hydrogen-bond acceptors (Lipinski definition) is 5. The molecule has 4 rings (SSSR count). The number of para-hydroxylation sites is 1. The molecule has 1 saturated carbocycles. The van der Waals surface area contributed by atoms with Crippen LogP contribution in [0.25, 0.3) is 5.69 Å². The molecule has 0 radical (unpaired) electrons. The van der Waals surface area contributed by atoms with Gasteiger partial charge in [0.15, 0.2) is 5.54 Å². The van der Waals surface area contributed by atoms with Gasteiger partial charge in [0, 0.05) is 30.5 Å². The van der Waals surface area contributed by atoms with Crippen LogP contribution in [-0.2, 0) is 12.1 Å². The number of non-ortho nitro benzene ring substituents is 1. The van der Waals surface area contributed by atoms with Crippen molar-refractivity contribution in [2.24, 2.45) is 0 Å². The fourth-order valence-corrected chi connectivity index (χ4v) is 4.44. The Morgan fingerprint density at radius 2 is 1.76 bits per heavy atom. The normalized spacial score (nSPS) is 17.0. The number of rotatable bonds is 6. The monoisotopic (exact) mass is 393 g/mol. The summed E-state index contributed by atoms with van der Waals surface area (Å²) in [5.74, 6) is 0.891. The van der Waals surface area contributed by atoms with E-state index in [0.717, 1.165) is 49.3 Å². The van der Waals surface area contributed by atoms with Gasteiger partial charge in [-0.2, -0.15) is 4.68 Å². The van der Waals surface area contributed by atoms with Crippen LogP contribution < -0.4 is 4.90 Å². The minimum Gasteiger partial charge on any atom is -0.322 e. The quantitative estimate of drug-likeness (QED) is 0.513. The van der Waals surface area contributed by atoms with E-state index < -0.39 is 0 Å². The molecule has 1 N–H and O–H groups in total. The highest BCUT2D eigenvalue weighted by Crippen LogP contribution is 2.34. The summed E-state index contributed by atoms with van der Waals surface area (Å²) in [4.78, 5) is 11.9. The van der Waals surface area contributed by atoms with Gasteiger partial charge in [-0.3, -0.25) is 10.1 Å². The Morgan fingerprint density at radius 1 is 1.07 bits per heavy atom. The highest BCUT2D eigenvalue weighted by Gasteiger charge is 2.46. The van der Waals surface area contributed by atoms with Crippen LogP contribution in [0, 0.1) is 10.1 Å². The van der Waals surface area contributed by atoms with E-state index in [4.69, 9.17) is 0 Å². The van der Waals surface area contributed by atoms with E-state index in [-0.39, 0.29) is 16.1 Å². The van der Waals surface area contributed by atoms with Crippen LogP contribution in [-0.4, -0.2) is 32.2 Å². The lowest BCUT2D eigenvalue weighted by molar-refractivity contribution is -0.959. The van der Waals surface area contributed by atoms with Gasteiger partial charge in [-0.1, -0.05) is 24.6 Å². The Balaban J connectivity index is 1.67. The molecule has 1 unspecified atom stereocenters. The van der Waals surface area contributed by atoms with E-state index in [1.165, 1.54) is 11.3 Å². The van der Waals surface area contributed by atoms with Crippen molar-refractivity contribution in [1.82, 2.24) is 20.2 Å². The average Bonchev–Trinajstić information content (AvgIpc) is 3.26. The van der Waals surface area contributed by atoms with Gasteiger partial charge in [-0.15, -0.1) is 5.10 Å². The Morgan fingerprint density at radius 3 is 2.41 bits per heavy atom. The number of benzene rings is 2. The van der Waals surface area contributed by atoms with Gasteiger partial charge < -0.3 is 4.90 Å². The van der Waals surface area contributed by atoms with E-state index in [1.807, 2.05) is 47.1 Å². The molecule has 1 aromatic heterocycles. The number of nitrogens with zero attached hydrogens (tertiary/aromatic N) is 5. The zero-order chi connectivity index (χ0) is 20.3. The van der Waals surface area contributed by atoms with Crippen molar-refractivity contribution in [2.75, 3.05) is 7.05 Å². The van der Waals surface area contributed by atoms with Crippen LogP contribution in [0.3, 0.4) is 0 Å². The molecule has 8 heteroatoms. The first-order chi connectivity index (χ1) is 14.1. The van der Waals surface area contributed by atoms with E-state index in [0.29, 0.717) is 0 Å². The Labute approximate surface area is 169 Å². The maximum atomic E-state index is 10.9. The van der Waals surface area contributed by atoms with Crippen molar-refractivity contribution in [2.45, 2.75) is 44.2 Å². The molecule has 0 amide bonds. The molecular weight excluding hydrogens is 368 g/mol. The van der Waals surface area contributed by atoms with Gasteiger partial charge >= 0.3 is 0 Å². The number of tetrazole rings is 1. The summed E-state index contributed by atoms with van der Waals surface area (Å²) in [5, 5.41) is 23.7. The third-order valence-electron chi connectivity index (χ3n) is 6.04. The molecule has 1 aliphatic rings. The maximum Gasteiger partial charge on any atom is 0.269 e. The van der Waals surface area contributed by atoms with Crippen molar-refractivity contribution in [1.29, 1.82) is 0 Å². The smallest absolute Gasteiger partial charge is 0.269 e. The summed E-state index contributed by atoms with van der Waals surface area (Å²) in [6, 6.07) is 16.8. The summed E-state index contributed by atoms with van der Waals surface area (Å²) in [5.41, 5.74) is 1.95. The molecule has 3 aromatic rings. The van der Waals surface area contributed by atoms with Crippen LogP contribution in [0.15, 0.2) is 54.6 Å². The lowest BCUT2D eigenvalue weighted by Crippen LogP contribution is -3.15. The number of aromatic nitrogens is 4. The second-order valence-electron chi connectivity index (χ2n) is 7.77. The molecule has 150 valence electrons. The van der Waals surface area contributed by atoms with Gasteiger partial charge in [0.1, 0.15) is 6.54 Å². The van der Waals surface area contributed by atoms with E-state index in [1.54, 1.807) is 12.1 Å². The van der Waals surface area contributed by atoms with E-state index in [2.05, 4.69) is 22.6 Å². The maximum absolute atomic E-state index is 10.9. The summed E-state index contributed by atoms with van der Waals surface area (Å²) in [6.45, 7) is 0.750. The van der Waals surface area contributed by atoms with Gasteiger partial charge in [-0.25, -0.2) is 0 Å². The molecule has 29 heavy (non-hydrogen) atoms. The lowest BCUT2D eigenvalue weighted by Gasteiger charge is -2.40. The third kappa shape index (κ3) is 3.75. The first-order valence-electron chi connectivity index (χ1n) is 10.0. The standard InChI is InChI=1S/C21H24N6O2/c1-25(16-17-10-12-19(13-11-17)27(28)29)21(14-6-3-7-15-21)20-22-23-24-26(20)18-8-4-2-5-9-18/h2,4-5,8-13H,3,6-7,14-16H2,1H3/p+1. The molecule has 2 aromatic carbocycles. The fraction of sp³-hybridized carbons (Fsp3) is 0.381. The van der Waals surface area contributed by atoms with Crippen molar-refractivity contribution in [3.05, 3.63) is 76.1 Å². The second-order valence-corrected chi connectivity index (χ2v) is 7.77. The molecule has 8 nitrogen and oxygen atoms in total. The van der Waals surface area contributed by atoms with Crippen molar-refractivity contribution >= 4 is 5.69 Å². The third-order valence-corrected chi connectivity index (χ3v) is 6.04. The second kappa shape index (κ2) is 8.08. The molecule has 1 fully saturated rings. The molecular formula is C21H25N6O2+. The topological polar surface area (TPSA) is 91.2 Å². The number of quaternary nitrogens is 1. The lowest BCUT2D eigenvalue weighted by atomic mass is 9.79. The zero-order valence-electron chi connectivity index (χ0n) is 16.5. The van der Waals surface area contributed by atoms with E-state index >= 15 is 0 Å². The number of nitrogens with one attached hydrogen (secondary N) is 1. The molecule has 1 heterocycles. The predicted octanol–water partition coefficient (Wildman–Crippen LogP) is 2.44. The van der Waals surface area contributed by atoms with Gasteiger partial charge in [0.25, 0.3) is 5.69 Å². The first-order valence-corrected chi connectivity index (χ1v) is 10.0. The number of hydrogen-bond donors (Lipinski definition) is 1. The van der Waals surface area contributed by atoms with Crippen LogP contribution in [0.2, 0.25) is 0 Å². The SMILES string of the molecule is C[NH+](Cc1ccc([N+](=O)[O-])cc1)C1(c2nnnn2-c2ccccc2)CCCCC1. The van der Waals surface area contributed by atoms with Crippen molar-refractivity contribution in [3.63, 3.8) is 0 Å². The molecule has 0 aliphatic heterocycles. The van der Waals surface area contributed by atoms with Crippen LogP contribution >= 0.6 is 0 Å². The number of nitro benzene ring substituents is 1. The molecule has 0 bridgehead atoms. The fourth-order valence-electron chi connectivity index (χ4n) is 4.44. The van der Waals surface area contributed by atoms with E-state index in [9.17, 15) is 10.1 Å². The molecule has 0 saturated heterocycles. The Kier molecular flexibility index (Phi) is 5.35. The summed E-state index contributed by atoms with van der Waals surface area (Å²) < 4.78 is 1.87. The van der Waals surface area contributed by atoms with Crippen molar-refractivity contribution < 1.29 is 9.82 Å². The Hall–Kier alpha value is -3.13. The minimum absolute atomic E-state index is 0.117.